The minimum atomic E-state index is 0.369. The van der Waals surface area contributed by atoms with Crippen LogP contribution >= 0.6 is 0 Å². The second-order valence-electron chi connectivity index (χ2n) is 4.47. The Morgan fingerprint density at radius 2 is 2.18 bits per heavy atom. The van der Waals surface area contributed by atoms with E-state index in [4.69, 9.17) is 11.5 Å². The number of aryl methyl sites for hydroxylation is 1. The molecule has 1 atom stereocenters. The van der Waals surface area contributed by atoms with E-state index in [2.05, 4.69) is 16.1 Å². The van der Waals surface area contributed by atoms with Crippen molar-refractivity contribution in [1.82, 2.24) is 14.8 Å². The van der Waals surface area contributed by atoms with E-state index >= 15 is 0 Å². The first-order chi connectivity index (χ1) is 8.22. The topological polar surface area (TPSA) is 82.8 Å². The highest BCUT2D eigenvalue weighted by Crippen LogP contribution is 2.29. The average Bonchev–Trinajstić information content (AvgIpc) is 2.68. The summed E-state index contributed by atoms with van der Waals surface area (Å²) < 4.78 is 1.90. The number of hydrogen-bond donors (Lipinski definition) is 2. The highest BCUT2D eigenvalue weighted by molar-refractivity contribution is 5.42. The number of nitrogens with zero attached hydrogens (tertiary/aromatic N) is 3. The molecule has 1 aliphatic heterocycles. The monoisotopic (exact) mass is 229 g/mol. The molecule has 0 saturated heterocycles. The highest BCUT2D eigenvalue weighted by Gasteiger charge is 2.22. The summed E-state index contributed by atoms with van der Waals surface area (Å²) in [6, 6.07) is 8.07. The van der Waals surface area contributed by atoms with E-state index in [1.54, 1.807) is 0 Å². The molecule has 4 N–H and O–H groups in total. The largest absolute Gasteiger partial charge is 0.399 e. The third-order valence-corrected chi connectivity index (χ3v) is 3.27. The summed E-state index contributed by atoms with van der Waals surface area (Å²) in [7, 11) is 0. The van der Waals surface area contributed by atoms with Crippen LogP contribution in [0.3, 0.4) is 0 Å². The lowest BCUT2D eigenvalue weighted by Crippen LogP contribution is -2.19. The number of nitrogen functional groups attached to an aromatic ring is 2. The molecule has 5 nitrogen and oxygen atoms in total. The quantitative estimate of drug-likeness (QED) is 0.719. The summed E-state index contributed by atoms with van der Waals surface area (Å²) in [6.45, 7) is 0.874. The van der Waals surface area contributed by atoms with Gasteiger partial charge in [0.15, 0.2) is 0 Å². The van der Waals surface area contributed by atoms with E-state index in [0.717, 1.165) is 30.9 Å². The van der Waals surface area contributed by atoms with Gasteiger partial charge >= 0.3 is 0 Å². The van der Waals surface area contributed by atoms with Gasteiger partial charge in [0.2, 0.25) is 5.95 Å². The van der Waals surface area contributed by atoms with Crippen LogP contribution in [0.4, 0.5) is 11.6 Å². The molecule has 5 heteroatoms. The van der Waals surface area contributed by atoms with Crippen molar-refractivity contribution in [1.29, 1.82) is 0 Å². The molecule has 0 saturated carbocycles. The maximum atomic E-state index is 5.81. The number of anilines is 2. The van der Waals surface area contributed by atoms with Gasteiger partial charge in [0.05, 0.1) is 0 Å². The first-order valence-electron chi connectivity index (χ1n) is 5.77. The number of rotatable bonds is 1. The predicted octanol–water partition coefficient (Wildman–Crippen LogP) is 1.17. The molecule has 0 amide bonds. The van der Waals surface area contributed by atoms with Crippen LogP contribution in [0.2, 0.25) is 0 Å². The number of aromatic nitrogens is 3. The van der Waals surface area contributed by atoms with Crippen LogP contribution < -0.4 is 11.5 Å². The number of hydrogen-bond acceptors (Lipinski definition) is 4. The summed E-state index contributed by atoms with van der Waals surface area (Å²) in [5, 5.41) is 4.16. The van der Waals surface area contributed by atoms with Crippen molar-refractivity contribution in [2.45, 2.75) is 25.3 Å². The van der Waals surface area contributed by atoms with Crippen LogP contribution in [-0.2, 0) is 13.0 Å². The Labute approximate surface area is 99.4 Å². The van der Waals surface area contributed by atoms with Gasteiger partial charge < -0.3 is 11.5 Å². The molecule has 1 aromatic heterocycles. The maximum Gasteiger partial charge on any atom is 0.239 e. The van der Waals surface area contributed by atoms with Gasteiger partial charge in [-0.2, -0.15) is 4.98 Å². The lowest BCUT2D eigenvalue weighted by Gasteiger charge is -2.22. The van der Waals surface area contributed by atoms with Gasteiger partial charge in [0.1, 0.15) is 5.82 Å². The van der Waals surface area contributed by atoms with Crippen molar-refractivity contribution in [2.75, 3.05) is 11.5 Å². The first kappa shape index (κ1) is 10.1. The molecule has 17 heavy (non-hydrogen) atoms. The molecule has 88 valence electrons. The fourth-order valence-electron chi connectivity index (χ4n) is 2.42. The van der Waals surface area contributed by atoms with E-state index in [-0.39, 0.29) is 0 Å². The standard InChI is InChI=1S/C12H15N5/c13-10-3-1-2-8(6-10)9-4-5-17-11(7-9)15-12(14)16-17/h1-3,6,9H,4-5,7,13H2,(H2,14,16). The van der Waals surface area contributed by atoms with Gasteiger partial charge in [-0.3, -0.25) is 0 Å². The van der Waals surface area contributed by atoms with Crippen LogP contribution in [0.5, 0.6) is 0 Å². The van der Waals surface area contributed by atoms with Gasteiger partial charge in [-0.25, -0.2) is 4.68 Å². The fourth-order valence-corrected chi connectivity index (χ4v) is 2.42. The Hall–Kier alpha value is -2.04. The van der Waals surface area contributed by atoms with Crippen LogP contribution in [0, 0.1) is 0 Å². The van der Waals surface area contributed by atoms with Gasteiger partial charge in [-0.05, 0) is 30.0 Å². The van der Waals surface area contributed by atoms with Gasteiger partial charge in [-0.15, -0.1) is 5.10 Å². The van der Waals surface area contributed by atoms with Crippen LogP contribution in [0.15, 0.2) is 24.3 Å². The molecule has 1 aliphatic rings. The van der Waals surface area contributed by atoms with Crippen molar-refractivity contribution in [3.8, 4) is 0 Å². The number of fused-ring (bicyclic) bond motifs is 1. The molecule has 0 radical (unpaired) electrons. The summed E-state index contributed by atoms with van der Waals surface area (Å²) in [4.78, 5) is 4.25. The molecule has 1 unspecified atom stereocenters. The Bertz CT molecular complexity index is 546. The van der Waals surface area contributed by atoms with Crippen molar-refractivity contribution in [2.24, 2.45) is 0 Å². The van der Waals surface area contributed by atoms with E-state index in [0.29, 0.717) is 11.9 Å². The normalized spacial score (nSPS) is 18.9. The van der Waals surface area contributed by atoms with E-state index in [9.17, 15) is 0 Å². The van der Waals surface area contributed by atoms with E-state index in [1.165, 1.54) is 5.56 Å². The summed E-state index contributed by atoms with van der Waals surface area (Å²) in [6.07, 6.45) is 1.94. The molecular weight excluding hydrogens is 214 g/mol. The summed E-state index contributed by atoms with van der Waals surface area (Å²) in [5.74, 6) is 1.81. The van der Waals surface area contributed by atoms with E-state index < -0.39 is 0 Å². The smallest absolute Gasteiger partial charge is 0.239 e. The fraction of sp³-hybridized carbons (Fsp3) is 0.333. The van der Waals surface area contributed by atoms with Gasteiger partial charge in [0.25, 0.3) is 0 Å². The highest BCUT2D eigenvalue weighted by atomic mass is 15.4. The van der Waals surface area contributed by atoms with Gasteiger partial charge in [0, 0.05) is 18.7 Å². The minimum absolute atomic E-state index is 0.369. The minimum Gasteiger partial charge on any atom is -0.399 e. The molecule has 3 rings (SSSR count). The zero-order valence-corrected chi connectivity index (χ0v) is 9.50. The third-order valence-electron chi connectivity index (χ3n) is 3.27. The molecule has 2 heterocycles. The predicted molar refractivity (Wildman–Crippen MR) is 66.4 cm³/mol. The zero-order valence-electron chi connectivity index (χ0n) is 9.50. The lowest BCUT2D eigenvalue weighted by atomic mass is 9.90. The van der Waals surface area contributed by atoms with Crippen molar-refractivity contribution >= 4 is 11.6 Å². The maximum absolute atomic E-state index is 5.81. The number of nitrogens with two attached hydrogens (primary N) is 2. The number of benzene rings is 1. The molecular formula is C12H15N5. The molecule has 1 aromatic carbocycles. The summed E-state index contributed by atoms with van der Waals surface area (Å²) >= 11 is 0. The first-order valence-corrected chi connectivity index (χ1v) is 5.77. The average molecular weight is 229 g/mol. The van der Waals surface area contributed by atoms with Crippen LogP contribution in [-0.4, -0.2) is 14.8 Å². The SMILES string of the molecule is Nc1cccc(C2CCn3nc(N)nc3C2)c1. The van der Waals surface area contributed by atoms with Gasteiger partial charge in [-0.1, -0.05) is 12.1 Å². The molecule has 0 bridgehead atoms. The van der Waals surface area contributed by atoms with E-state index in [1.807, 2.05) is 22.9 Å². The Balaban J connectivity index is 1.88. The third kappa shape index (κ3) is 1.84. The molecule has 0 spiro atoms. The van der Waals surface area contributed by atoms with Crippen molar-refractivity contribution in [3.63, 3.8) is 0 Å². The summed E-state index contributed by atoms with van der Waals surface area (Å²) in [5.41, 5.74) is 13.5. The van der Waals surface area contributed by atoms with Crippen LogP contribution in [0.25, 0.3) is 0 Å². The van der Waals surface area contributed by atoms with Crippen LogP contribution in [0.1, 0.15) is 23.7 Å². The molecule has 0 aliphatic carbocycles. The Kier molecular flexibility index (Phi) is 2.24. The molecule has 0 fully saturated rings. The second kappa shape index (κ2) is 3.76. The van der Waals surface area contributed by atoms with Crippen molar-refractivity contribution in [3.05, 3.63) is 35.7 Å². The molecule has 2 aromatic rings. The zero-order chi connectivity index (χ0) is 11.8. The Morgan fingerprint density at radius 1 is 1.29 bits per heavy atom. The lowest BCUT2D eigenvalue weighted by molar-refractivity contribution is 0.434. The second-order valence-corrected chi connectivity index (χ2v) is 4.47. The Morgan fingerprint density at radius 3 is 3.00 bits per heavy atom. The van der Waals surface area contributed by atoms with Crippen molar-refractivity contribution < 1.29 is 0 Å².